The third-order valence-corrected chi connectivity index (χ3v) is 6.03. The van der Waals surface area contributed by atoms with Crippen molar-refractivity contribution in [3.05, 3.63) is 64.7 Å². The summed E-state index contributed by atoms with van der Waals surface area (Å²) < 4.78 is 35.2. The molecule has 30 heavy (non-hydrogen) atoms. The molecular formula is C19H21N5O4S2. The second-order valence-corrected chi connectivity index (χ2v) is 8.27. The number of ether oxygens (including phenoxy) is 1. The fourth-order valence-corrected chi connectivity index (χ4v) is 4.14. The third kappa shape index (κ3) is 4.69. The van der Waals surface area contributed by atoms with Crippen molar-refractivity contribution < 1.29 is 17.9 Å². The van der Waals surface area contributed by atoms with Crippen LogP contribution in [0.25, 0.3) is 0 Å². The molecule has 0 aliphatic heterocycles. The van der Waals surface area contributed by atoms with E-state index in [4.69, 9.17) is 17.0 Å². The Labute approximate surface area is 179 Å². The molecule has 3 N–H and O–H groups in total. The van der Waals surface area contributed by atoms with Crippen molar-refractivity contribution in [2.24, 2.45) is 0 Å². The number of aromatic amines is 1. The maximum absolute atomic E-state index is 12.6. The van der Waals surface area contributed by atoms with Crippen LogP contribution in [0.4, 0.5) is 5.69 Å². The minimum atomic E-state index is -3.84. The van der Waals surface area contributed by atoms with Crippen LogP contribution in [0.1, 0.15) is 23.1 Å². The molecular weight excluding hydrogens is 426 g/mol. The standard InChI is InChI=1S/C19H21N5O4S2/c1-3-24-17(21-22-19(24)29)12-20-18(25)13-8-10-14(11-9-13)30(26,27)23-15-6-4-5-7-16(15)28-2/h4-11,23H,3,12H2,1-2H3,(H,20,25)(H,22,29). The Balaban J connectivity index is 1.70. The lowest BCUT2D eigenvalue weighted by Crippen LogP contribution is -2.25. The number of rotatable bonds is 8. The molecule has 1 heterocycles. The van der Waals surface area contributed by atoms with E-state index in [1.165, 1.54) is 31.4 Å². The van der Waals surface area contributed by atoms with Gasteiger partial charge < -0.3 is 14.6 Å². The van der Waals surface area contributed by atoms with Crippen LogP contribution >= 0.6 is 12.2 Å². The molecule has 0 atom stereocenters. The normalized spacial score (nSPS) is 11.1. The van der Waals surface area contributed by atoms with Gasteiger partial charge in [-0.05, 0) is 55.5 Å². The molecule has 0 aliphatic rings. The van der Waals surface area contributed by atoms with E-state index in [9.17, 15) is 13.2 Å². The summed E-state index contributed by atoms with van der Waals surface area (Å²) in [5, 5.41) is 9.52. The van der Waals surface area contributed by atoms with Gasteiger partial charge in [-0.1, -0.05) is 12.1 Å². The molecule has 0 unspecified atom stereocenters. The van der Waals surface area contributed by atoms with E-state index < -0.39 is 10.0 Å². The van der Waals surface area contributed by atoms with Crippen LogP contribution in [-0.2, 0) is 23.1 Å². The highest BCUT2D eigenvalue weighted by Gasteiger charge is 2.17. The zero-order valence-electron chi connectivity index (χ0n) is 16.4. The molecule has 3 rings (SSSR count). The number of carbonyl (C=O) groups is 1. The van der Waals surface area contributed by atoms with Crippen LogP contribution in [-0.4, -0.2) is 36.2 Å². The largest absolute Gasteiger partial charge is 0.495 e. The highest BCUT2D eigenvalue weighted by atomic mass is 32.2. The Bertz CT molecular complexity index is 1200. The Morgan fingerprint density at radius 2 is 1.90 bits per heavy atom. The minimum absolute atomic E-state index is 0.0248. The molecule has 0 fully saturated rings. The minimum Gasteiger partial charge on any atom is -0.495 e. The molecule has 1 amide bonds. The van der Waals surface area contributed by atoms with Gasteiger partial charge in [0.2, 0.25) is 0 Å². The van der Waals surface area contributed by atoms with Gasteiger partial charge in [0.25, 0.3) is 15.9 Å². The fourth-order valence-electron chi connectivity index (χ4n) is 2.79. The third-order valence-electron chi connectivity index (χ3n) is 4.34. The topological polar surface area (TPSA) is 118 Å². The molecule has 3 aromatic rings. The Kier molecular flexibility index (Phi) is 6.53. The molecule has 11 heteroatoms. The summed E-state index contributed by atoms with van der Waals surface area (Å²) in [6.07, 6.45) is 0. The molecule has 9 nitrogen and oxygen atoms in total. The van der Waals surface area contributed by atoms with Crippen LogP contribution in [0.15, 0.2) is 53.4 Å². The summed E-state index contributed by atoms with van der Waals surface area (Å²) in [7, 11) is -2.38. The van der Waals surface area contributed by atoms with Crippen LogP contribution in [0, 0.1) is 4.77 Å². The molecule has 0 spiro atoms. The lowest BCUT2D eigenvalue weighted by molar-refractivity contribution is 0.0949. The van der Waals surface area contributed by atoms with Crippen molar-refractivity contribution in [3.63, 3.8) is 0 Å². The van der Waals surface area contributed by atoms with Crippen LogP contribution in [0.2, 0.25) is 0 Å². The lowest BCUT2D eigenvalue weighted by atomic mass is 10.2. The van der Waals surface area contributed by atoms with E-state index in [-0.39, 0.29) is 17.3 Å². The predicted octanol–water partition coefficient (Wildman–Crippen LogP) is 2.70. The monoisotopic (exact) mass is 447 g/mol. The molecule has 1 aromatic heterocycles. The average Bonchev–Trinajstić information content (AvgIpc) is 3.11. The second-order valence-electron chi connectivity index (χ2n) is 6.20. The summed E-state index contributed by atoms with van der Waals surface area (Å²) in [5.41, 5.74) is 0.648. The fraction of sp³-hybridized carbons (Fsp3) is 0.211. The first-order valence-electron chi connectivity index (χ1n) is 9.04. The van der Waals surface area contributed by atoms with Crippen molar-refractivity contribution in [1.29, 1.82) is 0 Å². The first kappa shape index (κ1) is 21.5. The number of para-hydroxylation sites is 2. The summed E-state index contributed by atoms with van der Waals surface area (Å²) in [5.74, 6) is 0.659. The van der Waals surface area contributed by atoms with E-state index in [1.807, 2.05) is 6.92 Å². The van der Waals surface area contributed by atoms with Crippen molar-refractivity contribution in [2.75, 3.05) is 11.8 Å². The van der Waals surface area contributed by atoms with Crippen molar-refractivity contribution in [2.45, 2.75) is 24.9 Å². The van der Waals surface area contributed by atoms with E-state index in [2.05, 4.69) is 20.2 Å². The maximum Gasteiger partial charge on any atom is 0.262 e. The van der Waals surface area contributed by atoms with Gasteiger partial charge in [0.1, 0.15) is 5.75 Å². The van der Waals surface area contributed by atoms with Gasteiger partial charge in [-0.25, -0.2) is 8.42 Å². The highest BCUT2D eigenvalue weighted by molar-refractivity contribution is 7.92. The number of carbonyl (C=O) groups excluding carboxylic acids is 1. The van der Waals surface area contributed by atoms with Crippen molar-refractivity contribution in [3.8, 4) is 5.75 Å². The molecule has 2 aromatic carbocycles. The Hall–Kier alpha value is -3.18. The predicted molar refractivity (Wildman–Crippen MR) is 115 cm³/mol. The second kappa shape index (κ2) is 9.09. The van der Waals surface area contributed by atoms with Gasteiger partial charge in [0.05, 0.1) is 24.2 Å². The van der Waals surface area contributed by atoms with Crippen LogP contribution in [0.5, 0.6) is 5.75 Å². The zero-order valence-corrected chi connectivity index (χ0v) is 18.0. The number of anilines is 1. The molecule has 158 valence electrons. The van der Waals surface area contributed by atoms with E-state index >= 15 is 0 Å². The van der Waals surface area contributed by atoms with E-state index in [0.717, 1.165) is 0 Å². The molecule has 0 aliphatic carbocycles. The number of methoxy groups -OCH3 is 1. The summed E-state index contributed by atoms with van der Waals surface area (Å²) >= 11 is 5.12. The zero-order chi connectivity index (χ0) is 21.7. The van der Waals surface area contributed by atoms with Gasteiger partial charge in [-0.3, -0.25) is 14.6 Å². The molecule has 0 saturated heterocycles. The quantitative estimate of drug-likeness (QED) is 0.457. The number of aromatic nitrogens is 3. The van der Waals surface area contributed by atoms with E-state index in [0.29, 0.717) is 34.1 Å². The molecule has 0 radical (unpaired) electrons. The van der Waals surface area contributed by atoms with Gasteiger partial charge in [0, 0.05) is 12.1 Å². The smallest absolute Gasteiger partial charge is 0.262 e. The maximum atomic E-state index is 12.6. The Morgan fingerprint density at radius 3 is 2.57 bits per heavy atom. The number of nitrogens with one attached hydrogen (secondary N) is 3. The van der Waals surface area contributed by atoms with Crippen LogP contribution in [0.3, 0.4) is 0 Å². The number of H-pyrrole nitrogens is 1. The number of nitrogens with zero attached hydrogens (tertiary/aromatic N) is 2. The Morgan fingerprint density at radius 1 is 1.20 bits per heavy atom. The van der Waals surface area contributed by atoms with Gasteiger partial charge >= 0.3 is 0 Å². The first-order chi connectivity index (χ1) is 14.4. The van der Waals surface area contributed by atoms with Gasteiger partial charge in [-0.15, -0.1) is 0 Å². The lowest BCUT2D eigenvalue weighted by Gasteiger charge is -2.12. The number of benzene rings is 2. The highest BCUT2D eigenvalue weighted by Crippen LogP contribution is 2.26. The summed E-state index contributed by atoms with van der Waals surface area (Å²) in [6.45, 7) is 2.75. The summed E-state index contributed by atoms with van der Waals surface area (Å²) in [6, 6.07) is 12.3. The van der Waals surface area contributed by atoms with Crippen LogP contribution < -0.4 is 14.8 Å². The molecule has 0 saturated carbocycles. The number of hydrogen-bond acceptors (Lipinski definition) is 6. The van der Waals surface area contributed by atoms with Gasteiger partial charge in [-0.2, -0.15) is 5.10 Å². The number of hydrogen-bond donors (Lipinski definition) is 3. The SMILES string of the molecule is CCn1c(CNC(=O)c2ccc(S(=O)(=O)Nc3ccccc3OC)cc2)n[nH]c1=S. The van der Waals surface area contributed by atoms with E-state index in [1.54, 1.807) is 28.8 Å². The first-order valence-corrected chi connectivity index (χ1v) is 10.9. The van der Waals surface area contributed by atoms with Crippen molar-refractivity contribution in [1.82, 2.24) is 20.1 Å². The van der Waals surface area contributed by atoms with Gasteiger partial charge in [0.15, 0.2) is 10.6 Å². The summed E-state index contributed by atoms with van der Waals surface area (Å²) in [4.78, 5) is 12.4. The van der Waals surface area contributed by atoms with Crippen molar-refractivity contribution >= 4 is 33.8 Å². The number of sulfonamides is 1. The molecule has 0 bridgehead atoms. The average molecular weight is 448 g/mol. The number of amides is 1.